The molecule has 0 aromatic carbocycles. The molecule has 0 saturated carbocycles. The average Bonchev–Trinajstić information content (AvgIpc) is 2.17. The van der Waals surface area contributed by atoms with E-state index in [9.17, 15) is 4.79 Å². The SMILES string of the molecule is CCN(C)c1cncc(C(=O)O)c1. The summed E-state index contributed by atoms with van der Waals surface area (Å²) >= 11 is 0. The molecule has 1 heterocycles. The molecular formula is C9H12N2O2. The molecule has 70 valence electrons. The average molecular weight is 180 g/mol. The van der Waals surface area contributed by atoms with Gasteiger partial charge in [-0.15, -0.1) is 0 Å². The first-order valence-electron chi connectivity index (χ1n) is 4.04. The Balaban J connectivity index is 2.98. The minimum absolute atomic E-state index is 0.220. The van der Waals surface area contributed by atoms with Crippen LogP contribution in [0, 0.1) is 0 Å². The first-order valence-corrected chi connectivity index (χ1v) is 4.04. The van der Waals surface area contributed by atoms with Crippen molar-refractivity contribution in [2.75, 3.05) is 18.5 Å². The van der Waals surface area contributed by atoms with Crippen LogP contribution in [0.2, 0.25) is 0 Å². The highest BCUT2D eigenvalue weighted by Crippen LogP contribution is 2.12. The topological polar surface area (TPSA) is 53.4 Å². The first-order chi connectivity index (χ1) is 6.15. The molecule has 1 aromatic rings. The fraction of sp³-hybridized carbons (Fsp3) is 0.333. The maximum absolute atomic E-state index is 10.6. The highest BCUT2D eigenvalue weighted by molar-refractivity contribution is 5.88. The van der Waals surface area contributed by atoms with Crippen LogP contribution in [0.15, 0.2) is 18.5 Å². The summed E-state index contributed by atoms with van der Waals surface area (Å²) in [6.45, 7) is 2.82. The van der Waals surface area contributed by atoms with Crippen LogP contribution in [-0.4, -0.2) is 29.7 Å². The fourth-order valence-corrected chi connectivity index (χ4v) is 0.936. The van der Waals surface area contributed by atoms with Gasteiger partial charge >= 0.3 is 5.97 Å². The third-order valence-corrected chi connectivity index (χ3v) is 1.89. The summed E-state index contributed by atoms with van der Waals surface area (Å²) in [6, 6.07) is 1.61. The smallest absolute Gasteiger partial charge is 0.337 e. The number of nitrogens with zero attached hydrogens (tertiary/aromatic N) is 2. The van der Waals surface area contributed by atoms with Gasteiger partial charge in [0.15, 0.2) is 0 Å². The van der Waals surface area contributed by atoms with Crippen molar-refractivity contribution < 1.29 is 9.90 Å². The van der Waals surface area contributed by atoms with E-state index in [-0.39, 0.29) is 5.56 Å². The van der Waals surface area contributed by atoms with Crippen molar-refractivity contribution in [2.24, 2.45) is 0 Å². The predicted octanol–water partition coefficient (Wildman–Crippen LogP) is 1.24. The maximum atomic E-state index is 10.6. The zero-order valence-electron chi connectivity index (χ0n) is 7.69. The number of hydrogen-bond acceptors (Lipinski definition) is 3. The van der Waals surface area contributed by atoms with E-state index >= 15 is 0 Å². The zero-order chi connectivity index (χ0) is 9.84. The van der Waals surface area contributed by atoms with Crippen molar-refractivity contribution in [2.45, 2.75) is 6.92 Å². The van der Waals surface area contributed by atoms with E-state index < -0.39 is 5.97 Å². The molecule has 0 aliphatic carbocycles. The summed E-state index contributed by atoms with van der Waals surface area (Å²) in [6.07, 6.45) is 2.99. The molecule has 1 N–H and O–H groups in total. The van der Waals surface area contributed by atoms with Crippen molar-refractivity contribution in [3.05, 3.63) is 24.0 Å². The van der Waals surface area contributed by atoms with Crippen molar-refractivity contribution in [1.82, 2.24) is 4.98 Å². The van der Waals surface area contributed by atoms with E-state index in [0.29, 0.717) is 0 Å². The Hall–Kier alpha value is -1.58. The van der Waals surface area contributed by atoms with Crippen molar-refractivity contribution >= 4 is 11.7 Å². The van der Waals surface area contributed by atoms with Crippen LogP contribution >= 0.6 is 0 Å². The molecule has 0 radical (unpaired) electrons. The fourth-order valence-electron chi connectivity index (χ4n) is 0.936. The standard InChI is InChI=1S/C9H12N2O2/c1-3-11(2)8-4-7(9(12)13)5-10-6-8/h4-6H,3H2,1-2H3,(H,12,13). The van der Waals surface area contributed by atoms with Crippen LogP contribution in [0.3, 0.4) is 0 Å². The van der Waals surface area contributed by atoms with E-state index in [2.05, 4.69) is 4.98 Å². The zero-order valence-corrected chi connectivity index (χ0v) is 7.69. The van der Waals surface area contributed by atoms with Gasteiger partial charge in [0, 0.05) is 19.8 Å². The molecule has 4 nitrogen and oxygen atoms in total. The molecule has 0 bridgehead atoms. The van der Waals surface area contributed by atoms with Gasteiger partial charge in [-0.1, -0.05) is 0 Å². The van der Waals surface area contributed by atoms with Crippen LogP contribution in [0.5, 0.6) is 0 Å². The lowest BCUT2D eigenvalue weighted by atomic mass is 10.2. The Kier molecular flexibility index (Phi) is 2.84. The minimum atomic E-state index is -0.946. The van der Waals surface area contributed by atoms with Crippen molar-refractivity contribution in [3.63, 3.8) is 0 Å². The predicted molar refractivity (Wildman–Crippen MR) is 50.1 cm³/mol. The summed E-state index contributed by atoms with van der Waals surface area (Å²) < 4.78 is 0. The number of rotatable bonds is 3. The molecular weight excluding hydrogens is 168 g/mol. The molecule has 4 heteroatoms. The quantitative estimate of drug-likeness (QED) is 0.760. The second-order valence-corrected chi connectivity index (χ2v) is 2.75. The summed E-state index contributed by atoms with van der Waals surface area (Å²) in [5, 5.41) is 8.71. The summed E-state index contributed by atoms with van der Waals surface area (Å²) in [4.78, 5) is 16.4. The molecule has 0 saturated heterocycles. The first kappa shape index (κ1) is 9.51. The minimum Gasteiger partial charge on any atom is -0.478 e. The number of hydrogen-bond donors (Lipinski definition) is 1. The number of aromatic nitrogens is 1. The molecule has 1 aromatic heterocycles. The van der Waals surface area contributed by atoms with E-state index in [1.54, 1.807) is 12.3 Å². The van der Waals surface area contributed by atoms with Crippen LogP contribution in [0.4, 0.5) is 5.69 Å². The molecule has 0 atom stereocenters. The lowest BCUT2D eigenvalue weighted by molar-refractivity contribution is 0.0696. The Morgan fingerprint density at radius 2 is 2.31 bits per heavy atom. The van der Waals surface area contributed by atoms with Gasteiger partial charge in [0.25, 0.3) is 0 Å². The summed E-state index contributed by atoms with van der Waals surface area (Å²) in [7, 11) is 1.89. The third kappa shape index (κ3) is 2.18. The highest BCUT2D eigenvalue weighted by Gasteiger charge is 2.05. The second kappa shape index (κ2) is 3.89. The van der Waals surface area contributed by atoms with Gasteiger partial charge in [-0.25, -0.2) is 4.79 Å². The lowest BCUT2D eigenvalue weighted by Gasteiger charge is -2.15. The van der Waals surface area contributed by atoms with Gasteiger partial charge in [-0.05, 0) is 13.0 Å². The van der Waals surface area contributed by atoms with E-state index in [4.69, 9.17) is 5.11 Å². The summed E-state index contributed by atoms with van der Waals surface area (Å²) in [5.74, 6) is -0.946. The van der Waals surface area contributed by atoms with E-state index in [1.165, 1.54) is 6.20 Å². The Morgan fingerprint density at radius 3 is 2.85 bits per heavy atom. The number of pyridine rings is 1. The molecule has 0 fully saturated rings. The molecule has 0 unspecified atom stereocenters. The van der Waals surface area contributed by atoms with Crippen LogP contribution in [0.25, 0.3) is 0 Å². The van der Waals surface area contributed by atoms with Gasteiger partial charge in [-0.3, -0.25) is 4.98 Å². The van der Waals surface area contributed by atoms with Crippen LogP contribution in [0.1, 0.15) is 17.3 Å². The monoisotopic (exact) mass is 180 g/mol. The lowest BCUT2D eigenvalue weighted by Crippen LogP contribution is -2.16. The number of carboxylic acids is 1. The van der Waals surface area contributed by atoms with Gasteiger partial charge < -0.3 is 10.0 Å². The van der Waals surface area contributed by atoms with Gasteiger partial charge in [-0.2, -0.15) is 0 Å². The van der Waals surface area contributed by atoms with Gasteiger partial charge in [0.1, 0.15) is 0 Å². The van der Waals surface area contributed by atoms with Crippen molar-refractivity contribution in [3.8, 4) is 0 Å². The van der Waals surface area contributed by atoms with Gasteiger partial charge in [0.2, 0.25) is 0 Å². The van der Waals surface area contributed by atoms with Gasteiger partial charge in [0.05, 0.1) is 17.4 Å². The number of anilines is 1. The Bertz CT molecular complexity index is 312. The number of carboxylic acid groups (broad SMARTS) is 1. The Labute approximate surface area is 76.8 Å². The maximum Gasteiger partial charge on any atom is 0.337 e. The second-order valence-electron chi connectivity index (χ2n) is 2.75. The molecule has 13 heavy (non-hydrogen) atoms. The van der Waals surface area contributed by atoms with E-state index in [0.717, 1.165) is 12.2 Å². The largest absolute Gasteiger partial charge is 0.478 e. The normalized spacial score (nSPS) is 9.69. The number of carbonyl (C=O) groups is 1. The van der Waals surface area contributed by atoms with E-state index in [1.807, 2.05) is 18.9 Å². The summed E-state index contributed by atoms with van der Waals surface area (Å²) in [5.41, 5.74) is 1.04. The molecule has 0 spiro atoms. The third-order valence-electron chi connectivity index (χ3n) is 1.89. The number of aromatic carboxylic acids is 1. The molecule has 1 rings (SSSR count). The van der Waals surface area contributed by atoms with Crippen LogP contribution < -0.4 is 4.90 Å². The highest BCUT2D eigenvalue weighted by atomic mass is 16.4. The van der Waals surface area contributed by atoms with Crippen LogP contribution in [-0.2, 0) is 0 Å². The Morgan fingerprint density at radius 1 is 1.62 bits per heavy atom. The molecule has 0 aliphatic heterocycles. The van der Waals surface area contributed by atoms with Crippen molar-refractivity contribution in [1.29, 1.82) is 0 Å². The molecule has 0 aliphatic rings. The molecule has 0 amide bonds.